The maximum Gasteiger partial charge on any atom is 0.246 e. The van der Waals surface area contributed by atoms with Gasteiger partial charge in [-0.2, -0.15) is 0 Å². The van der Waals surface area contributed by atoms with Crippen molar-refractivity contribution < 1.29 is 4.79 Å². The Morgan fingerprint density at radius 1 is 1.26 bits per heavy atom. The number of hydrogen-bond donors (Lipinski definition) is 3. The molecule has 1 aromatic carbocycles. The van der Waals surface area contributed by atoms with Crippen LogP contribution in [0, 0.1) is 6.92 Å². The number of aryl methyl sites for hydroxylation is 1. The van der Waals surface area contributed by atoms with Crippen LogP contribution in [-0.2, 0) is 11.2 Å². The van der Waals surface area contributed by atoms with Crippen LogP contribution in [0.15, 0.2) is 24.5 Å². The van der Waals surface area contributed by atoms with E-state index in [4.69, 9.17) is 4.98 Å². The summed E-state index contributed by atoms with van der Waals surface area (Å²) in [5.41, 5.74) is 5.30. The summed E-state index contributed by atoms with van der Waals surface area (Å²) in [6.07, 6.45) is 4.45. The quantitative estimate of drug-likeness (QED) is 0.650. The molecule has 5 rings (SSSR count). The van der Waals surface area contributed by atoms with Gasteiger partial charge in [0, 0.05) is 37.7 Å². The molecule has 3 N–H and O–H groups in total. The number of likely N-dealkylation sites (tertiary alicyclic amines) is 1. The molecule has 1 saturated heterocycles. The summed E-state index contributed by atoms with van der Waals surface area (Å²) in [7, 11) is 0. The van der Waals surface area contributed by atoms with E-state index in [1.54, 1.807) is 6.33 Å². The number of hydrogen-bond acceptors (Lipinski definition) is 4. The van der Waals surface area contributed by atoms with Gasteiger partial charge in [-0.15, -0.1) is 0 Å². The lowest BCUT2D eigenvalue weighted by Gasteiger charge is -2.34. The monoisotopic (exact) mass is 364 g/mol. The number of para-hydroxylation sites is 1. The first-order valence-electron chi connectivity index (χ1n) is 9.70. The number of H-pyrrole nitrogens is 2. The van der Waals surface area contributed by atoms with Gasteiger partial charge in [-0.1, -0.05) is 12.1 Å². The zero-order chi connectivity index (χ0) is 18.4. The van der Waals surface area contributed by atoms with Crippen LogP contribution in [0.4, 0.5) is 0 Å². The van der Waals surface area contributed by atoms with Gasteiger partial charge in [0.25, 0.3) is 0 Å². The maximum atomic E-state index is 13.0. The highest BCUT2D eigenvalue weighted by molar-refractivity contribution is 5.83. The molecule has 0 aliphatic carbocycles. The first-order chi connectivity index (χ1) is 13.2. The number of carbonyl (C=O) groups is 1. The minimum atomic E-state index is -0.314. The summed E-state index contributed by atoms with van der Waals surface area (Å²) in [6, 6.07) is 5.91. The highest BCUT2D eigenvalue weighted by atomic mass is 16.2. The first-order valence-corrected chi connectivity index (χ1v) is 9.70. The van der Waals surface area contributed by atoms with Crippen molar-refractivity contribution in [1.82, 2.24) is 30.2 Å². The molecule has 0 radical (unpaired) electrons. The van der Waals surface area contributed by atoms with E-state index in [9.17, 15) is 4.79 Å². The fourth-order valence-electron chi connectivity index (χ4n) is 4.37. The van der Waals surface area contributed by atoms with E-state index in [1.807, 2.05) is 4.90 Å². The Hall–Kier alpha value is -2.67. The summed E-state index contributed by atoms with van der Waals surface area (Å²) in [5, 5.41) is 3.33. The van der Waals surface area contributed by atoms with Gasteiger partial charge < -0.3 is 20.2 Å². The Bertz CT molecular complexity index is 981. The molecule has 0 bridgehead atoms. The number of rotatable bonds is 2. The van der Waals surface area contributed by atoms with E-state index >= 15 is 0 Å². The molecule has 0 spiro atoms. The molecule has 1 atom stereocenters. The average Bonchev–Trinajstić information content (AvgIpc) is 3.35. The second-order valence-electron chi connectivity index (χ2n) is 7.60. The van der Waals surface area contributed by atoms with Gasteiger partial charge in [-0.25, -0.2) is 9.97 Å². The fraction of sp³-hybridized carbons (Fsp3) is 0.450. The van der Waals surface area contributed by atoms with Gasteiger partial charge in [-0.05, 0) is 31.4 Å². The molecule has 1 fully saturated rings. The molecule has 1 unspecified atom stereocenters. The molecule has 1 amide bonds. The molecule has 2 aromatic heterocycles. The Kier molecular flexibility index (Phi) is 3.97. The SMILES string of the molecule is Cc1cccc2[nH]c(C3CCN(C(=O)C4NCCc5[nH]cnc54)CC3)nc12. The number of aromatic amines is 2. The van der Waals surface area contributed by atoms with Crippen LogP contribution in [0.3, 0.4) is 0 Å². The van der Waals surface area contributed by atoms with Gasteiger partial charge in [0.05, 0.1) is 23.1 Å². The maximum absolute atomic E-state index is 13.0. The summed E-state index contributed by atoms with van der Waals surface area (Å²) in [6.45, 7) is 4.42. The number of imidazole rings is 2. The number of fused-ring (bicyclic) bond motifs is 2. The first kappa shape index (κ1) is 16.5. The van der Waals surface area contributed by atoms with Crippen molar-refractivity contribution in [3.05, 3.63) is 47.3 Å². The van der Waals surface area contributed by atoms with Crippen molar-refractivity contribution in [2.24, 2.45) is 0 Å². The van der Waals surface area contributed by atoms with Crippen LogP contribution < -0.4 is 5.32 Å². The molecular weight excluding hydrogens is 340 g/mol. The standard InChI is InChI=1S/C20H24N6O/c1-12-3-2-4-15-16(12)25-19(24-15)13-6-9-26(10-7-13)20(27)18-17-14(5-8-21-18)22-11-23-17/h2-4,11,13,18,21H,5-10H2,1H3,(H,22,23)(H,24,25). The van der Waals surface area contributed by atoms with Crippen molar-refractivity contribution in [3.63, 3.8) is 0 Å². The predicted molar refractivity (Wildman–Crippen MR) is 102 cm³/mol. The summed E-state index contributed by atoms with van der Waals surface area (Å²) in [5.74, 6) is 1.57. The van der Waals surface area contributed by atoms with E-state index in [0.717, 1.165) is 67.1 Å². The van der Waals surface area contributed by atoms with Gasteiger partial charge >= 0.3 is 0 Å². The fourth-order valence-corrected chi connectivity index (χ4v) is 4.37. The summed E-state index contributed by atoms with van der Waals surface area (Å²) >= 11 is 0. The molecular formula is C20H24N6O. The summed E-state index contributed by atoms with van der Waals surface area (Å²) in [4.78, 5) is 30.8. The number of nitrogens with zero attached hydrogens (tertiary/aromatic N) is 3. The van der Waals surface area contributed by atoms with Gasteiger partial charge in [-0.3, -0.25) is 4.79 Å². The number of amides is 1. The van der Waals surface area contributed by atoms with E-state index < -0.39 is 0 Å². The third kappa shape index (κ3) is 2.82. The third-order valence-corrected chi connectivity index (χ3v) is 5.92. The molecule has 2 aliphatic heterocycles. The minimum Gasteiger partial charge on any atom is -0.348 e. The zero-order valence-electron chi connectivity index (χ0n) is 15.5. The highest BCUT2D eigenvalue weighted by Gasteiger charge is 2.34. The Labute approximate surface area is 157 Å². The topological polar surface area (TPSA) is 89.7 Å². The smallest absolute Gasteiger partial charge is 0.246 e. The van der Waals surface area contributed by atoms with Crippen molar-refractivity contribution in [2.45, 2.75) is 38.1 Å². The second kappa shape index (κ2) is 6.49. The van der Waals surface area contributed by atoms with Crippen molar-refractivity contribution in [2.75, 3.05) is 19.6 Å². The minimum absolute atomic E-state index is 0.141. The van der Waals surface area contributed by atoms with Crippen LogP contribution >= 0.6 is 0 Å². The van der Waals surface area contributed by atoms with Crippen LogP contribution in [0.2, 0.25) is 0 Å². The van der Waals surface area contributed by atoms with Crippen molar-refractivity contribution >= 4 is 16.9 Å². The number of aromatic nitrogens is 4. The Balaban J connectivity index is 1.29. The van der Waals surface area contributed by atoms with Gasteiger partial charge in [0.1, 0.15) is 11.9 Å². The second-order valence-corrected chi connectivity index (χ2v) is 7.60. The Morgan fingerprint density at radius 3 is 2.93 bits per heavy atom. The number of nitrogens with one attached hydrogen (secondary N) is 3. The molecule has 2 aliphatic rings. The van der Waals surface area contributed by atoms with Crippen LogP contribution in [0.5, 0.6) is 0 Å². The molecule has 4 heterocycles. The number of benzene rings is 1. The zero-order valence-corrected chi connectivity index (χ0v) is 15.5. The van der Waals surface area contributed by atoms with E-state index in [2.05, 4.69) is 45.4 Å². The lowest BCUT2D eigenvalue weighted by molar-refractivity contribution is -0.135. The highest BCUT2D eigenvalue weighted by Crippen LogP contribution is 2.30. The number of carbonyl (C=O) groups excluding carboxylic acids is 1. The van der Waals surface area contributed by atoms with Crippen LogP contribution in [0.1, 0.15) is 47.6 Å². The molecule has 0 saturated carbocycles. The van der Waals surface area contributed by atoms with E-state index in [0.29, 0.717) is 5.92 Å². The van der Waals surface area contributed by atoms with Crippen molar-refractivity contribution in [3.8, 4) is 0 Å². The van der Waals surface area contributed by atoms with Crippen molar-refractivity contribution in [1.29, 1.82) is 0 Å². The third-order valence-electron chi connectivity index (χ3n) is 5.92. The lowest BCUT2D eigenvalue weighted by Crippen LogP contribution is -2.46. The van der Waals surface area contributed by atoms with E-state index in [1.165, 1.54) is 5.56 Å². The molecule has 7 nitrogen and oxygen atoms in total. The normalized spacial score (nSPS) is 20.8. The summed E-state index contributed by atoms with van der Waals surface area (Å²) < 4.78 is 0. The van der Waals surface area contributed by atoms with Gasteiger partial charge in [0.2, 0.25) is 5.91 Å². The Morgan fingerprint density at radius 2 is 2.11 bits per heavy atom. The molecule has 140 valence electrons. The lowest BCUT2D eigenvalue weighted by atomic mass is 9.95. The van der Waals surface area contributed by atoms with E-state index in [-0.39, 0.29) is 11.9 Å². The largest absolute Gasteiger partial charge is 0.348 e. The molecule has 27 heavy (non-hydrogen) atoms. The number of piperidine rings is 1. The average molecular weight is 364 g/mol. The molecule has 3 aromatic rings. The van der Waals surface area contributed by atoms with Crippen LogP contribution in [-0.4, -0.2) is 50.4 Å². The molecule has 7 heteroatoms. The van der Waals surface area contributed by atoms with Crippen LogP contribution in [0.25, 0.3) is 11.0 Å². The van der Waals surface area contributed by atoms with Gasteiger partial charge in [0.15, 0.2) is 0 Å². The predicted octanol–water partition coefficient (Wildman–Crippen LogP) is 2.19.